The zero-order chi connectivity index (χ0) is 36.6. The van der Waals surface area contributed by atoms with Crippen molar-refractivity contribution in [3.05, 3.63) is 121 Å². The number of nitrogens with zero attached hydrogens (tertiary/aromatic N) is 4. The van der Waals surface area contributed by atoms with Crippen LogP contribution < -0.4 is 5.73 Å². The number of fused-ring (bicyclic) bond motifs is 2. The largest absolute Gasteiger partial charge is 0.508 e. The summed E-state index contributed by atoms with van der Waals surface area (Å²) in [5, 5.41) is 25.2. The number of hydrogen-bond donors (Lipinski definition) is 3. The van der Waals surface area contributed by atoms with Crippen LogP contribution in [0.5, 0.6) is 11.5 Å². The first-order chi connectivity index (χ1) is 25.9. The summed E-state index contributed by atoms with van der Waals surface area (Å²) < 4.78 is 0. The van der Waals surface area contributed by atoms with E-state index in [9.17, 15) is 15.0 Å². The summed E-state index contributed by atoms with van der Waals surface area (Å²) in [4.78, 5) is 24.0. The molecular weight excluding hydrogens is 657 g/mol. The molecule has 8 rings (SSSR count). The van der Waals surface area contributed by atoms with Crippen LogP contribution in [0.2, 0.25) is 6.32 Å². The number of pyridine rings is 2. The Bertz CT molecular complexity index is 2130. The van der Waals surface area contributed by atoms with Crippen molar-refractivity contribution >= 4 is 35.0 Å². The van der Waals surface area contributed by atoms with Crippen molar-refractivity contribution in [2.24, 2.45) is 11.7 Å². The molecule has 4 aromatic carbocycles. The molecule has 9 heteroatoms. The van der Waals surface area contributed by atoms with Gasteiger partial charge in [0.25, 0.3) is 0 Å². The number of aromatic hydroxyl groups is 2. The van der Waals surface area contributed by atoms with Crippen molar-refractivity contribution in [3.8, 4) is 33.8 Å². The van der Waals surface area contributed by atoms with E-state index in [2.05, 4.69) is 56.2 Å². The van der Waals surface area contributed by atoms with Crippen LogP contribution >= 0.6 is 0 Å². The molecule has 0 unspecified atom stereocenters. The van der Waals surface area contributed by atoms with Crippen LogP contribution in [0.3, 0.4) is 0 Å². The van der Waals surface area contributed by atoms with E-state index in [0.717, 1.165) is 132 Å². The third-order valence-corrected chi connectivity index (χ3v) is 10.8. The van der Waals surface area contributed by atoms with Gasteiger partial charge in [-0.2, -0.15) is 0 Å². The van der Waals surface area contributed by atoms with Gasteiger partial charge in [-0.3, -0.25) is 19.8 Å². The fraction of sp³-hybridized carbons (Fsp3) is 0.295. The predicted molar refractivity (Wildman–Crippen MR) is 215 cm³/mol. The van der Waals surface area contributed by atoms with E-state index in [4.69, 9.17) is 5.73 Å². The van der Waals surface area contributed by atoms with Gasteiger partial charge in [-0.1, -0.05) is 67.0 Å². The van der Waals surface area contributed by atoms with E-state index in [1.165, 1.54) is 0 Å². The predicted octanol–water partition coefficient (Wildman–Crippen LogP) is 7.66. The molecule has 53 heavy (non-hydrogen) atoms. The Morgan fingerprint density at radius 3 is 1.57 bits per heavy atom. The van der Waals surface area contributed by atoms with Gasteiger partial charge in [0.15, 0.2) is 7.28 Å². The van der Waals surface area contributed by atoms with Gasteiger partial charge in [0, 0.05) is 76.9 Å². The molecule has 0 amide bonds. The van der Waals surface area contributed by atoms with Crippen molar-refractivity contribution < 1.29 is 15.0 Å². The van der Waals surface area contributed by atoms with Gasteiger partial charge >= 0.3 is 0 Å². The molecule has 2 fully saturated rings. The third kappa shape index (κ3) is 8.94. The summed E-state index contributed by atoms with van der Waals surface area (Å²) in [6.07, 6.45) is 13.4. The van der Waals surface area contributed by atoms with Gasteiger partial charge in [0.2, 0.25) is 0 Å². The number of phenols is 2. The first-order valence-electron chi connectivity index (χ1n) is 18.7. The summed E-state index contributed by atoms with van der Waals surface area (Å²) in [5.41, 5.74) is 12.4. The molecule has 6 aromatic rings. The van der Waals surface area contributed by atoms with Crippen LogP contribution in [0.15, 0.2) is 110 Å². The normalized spacial score (nSPS) is 15.9. The molecular formula is C44H47BN5O3. The van der Waals surface area contributed by atoms with Crippen molar-refractivity contribution in [1.29, 1.82) is 0 Å². The zero-order valence-electron chi connectivity index (χ0n) is 30.1. The number of carbonyl (C=O) groups excluding carboxylic acids is 1. The molecule has 4 heterocycles. The molecule has 8 nitrogen and oxygen atoms in total. The average molecular weight is 705 g/mol. The fourth-order valence-electron chi connectivity index (χ4n) is 7.67. The van der Waals surface area contributed by atoms with Crippen molar-refractivity contribution in [1.82, 2.24) is 19.8 Å². The maximum atomic E-state index is 10.6. The van der Waals surface area contributed by atoms with Crippen LogP contribution in [0, 0.1) is 5.92 Å². The van der Waals surface area contributed by atoms with E-state index in [1.807, 2.05) is 67.1 Å². The van der Waals surface area contributed by atoms with Crippen LogP contribution in [0.4, 0.5) is 0 Å². The number of benzene rings is 4. The number of nitrogens with two attached hydrogens (primary N) is 1. The number of hydrogen-bond acceptors (Lipinski definition) is 8. The molecule has 4 N–H and O–H groups in total. The van der Waals surface area contributed by atoms with E-state index in [1.54, 1.807) is 13.5 Å². The highest BCUT2D eigenvalue weighted by Crippen LogP contribution is 2.35. The van der Waals surface area contributed by atoms with Crippen molar-refractivity contribution in [3.63, 3.8) is 0 Å². The monoisotopic (exact) mass is 704 g/mol. The molecule has 2 aromatic heterocycles. The molecule has 1 radical (unpaired) electrons. The Balaban J connectivity index is 0.000000165. The fourth-order valence-corrected chi connectivity index (χ4v) is 7.67. The highest BCUT2D eigenvalue weighted by molar-refractivity contribution is 6.66. The summed E-state index contributed by atoms with van der Waals surface area (Å²) in [6.45, 7) is 5.46. The van der Waals surface area contributed by atoms with Crippen LogP contribution in [0.25, 0.3) is 43.8 Å². The molecule has 0 atom stereocenters. The van der Waals surface area contributed by atoms with Gasteiger partial charge in [0.1, 0.15) is 11.5 Å². The van der Waals surface area contributed by atoms with Gasteiger partial charge < -0.3 is 20.7 Å². The molecule has 0 bridgehead atoms. The molecule has 269 valence electrons. The van der Waals surface area contributed by atoms with Crippen molar-refractivity contribution in [2.75, 3.05) is 26.2 Å². The summed E-state index contributed by atoms with van der Waals surface area (Å²) in [5.74, 6) is 1.27. The van der Waals surface area contributed by atoms with E-state index >= 15 is 0 Å². The summed E-state index contributed by atoms with van der Waals surface area (Å²) in [7, 11) is 1.73. The second kappa shape index (κ2) is 17.2. The first kappa shape index (κ1) is 36.3. The SMILES string of the molecule is NC1CCN(Cc2cc3c(-c4ccccc4)cncc3cc2O)CC1.O=C[B]CC1CCN(Cc2cc3c(-c4ccccc4)cncc3cc2O)CC1. The smallest absolute Gasteiger partial charge is 0.197 e. The lowest BCUT2D eigenvalue weighted by Crippen LogP contribution is -2.39. The maximum absolute atomic E-state index is 10.6. The highest BCUT2D eigenvalue weighted by Gasteiger charge is 2.21. The summed E-state index contributed by atoms with van der Waals surface area (Å²) >= 11 is 0. The van der Waals surface area contributed by atoms with Crippen LogP contribution in [-0.2, 0) is 17.9 Å². The lowest BCUT2D eigenvalue weighted by Gasteiger charge is -2.32. The van der Waals surface area contributed by atoms with E-state index < -0.39 is 0 Å². The Labute approximate surface area is 312 Å². The molecule has 2 saturated heterocycles. The number of piperidine rings is 2. The number of carbonyl (C=O) groups is 1. The van der Waals surface area contributed by atoms with E-state index in [-0.39, 0.29) is 0 Å². The maximum Gasteiger partial charge on any atom is 0.197 e. The minimum absolute atomic E-state index is 0.317. The Morgan fingerprint density at radius 2 is 1.11 bits per heavy atom. The van der Waals surface area contributed by atoms with Gasteiger partial charge in [-0.15, -0.1) is 0 Å². The molecule has 0 saturated carbocycles. The Kier molecular flexibility index (Phi) is 11.7. The lowest BCUT2D eigenvalue weighted by atomic mass is 9.69. The standard InChI is InChI=1S/C23H24BN2O2.C21H23N3O/c27-16-24-12-17-6-8-26(9-7-17)15-20-10-21-19(11-23(20)28)13-25-14-22(21)18-4-2-1-3-5-18;22-18-6-8-24(9-7-18)14-17-10-19-16(11-21(17)25)12-23-13-20(19)15-4-2-1-3-5-15/h1-5,10-11,13-14,16-17,28H,6-9,12,15H2;1-5,10-13,18,25H,6-9,14,22H2. The first-order valence-corrected chi connectivity index (χ1v) is 18.7. The van der Waals surface area contributed by atoms with Crippen LogP contribution in [-0.4, -0.2) is 75.7 Å². The zero-order valence-corrected chi connectivity index (χ0v) is 30.1. The number of phenolic OH excluding ortho intramolecular Hbond substituents is 2. The quantitative estimate of drug-likeness (QED) is 0.104. The second-order valence-corrected chi connectivity index (χ2v) is 14.5. The number of aromatic nitrogens is 2. The third-order valence-electron chi connectivity index (χ3n) is 10.8. The highest BCUT2D eigenvalue weighted by atomic mass is 16.3. The molecule has 0 spiro atoms. The molecule has 2 aliphatic rings. The lowest BCUT2D eigenvalue weighted by molar-refractivity contribution is 0.184. The van der Waals surface area contributed by atoms with Crippen LogP contribution in [0.1, 0.15) is 36.8 Å². The molecule has 2 aliphatic heterocycles. The van der Waals surface area contributed by atoms with Crippen molar-refractivity contribution in [2.45, 2.75) is 51.1 Å². The van der Waals surface area contributed by atoms with Gasteiger partial charge in [-0.25, -0.2) is 0 Å². The number of rotatable bonds is 9. The van der Waals surface area contributed by atoms with Gasteiger partial charge in [-0.05, 0) is 104 Å². The minimum Gasteiger partial charge on any atom is -0.508 e. The minimum atomic E-state index is 0.317. The Hall–Kier alpha value is -5.09. The molecule has 0 aliphatic carbocycles. The van der Waals surface area contributed by atoms with E-state index in [0.29, 0.717) is 23.5 Å². The average Bonchev–Trinajstić information content (AvgIpc) is 3.19. The summed E-state index contributed by atoms with van der Waals surface area (Å²) in [6, 6.07) is 28.7. The van der Waals surface area contributed by atoms with Gasteiger partial charge in [0.05, 0.1) is 6.19 Å². The number of likely N-dealkylation sites (tertiary alicyclic amines) is 2. The second-order valence-electron chi connectivity index (χ2n) is 14.5. The Morgan fingerprint density at radius 1 is 0.660 bits per heavy atom. The topological polar surface area (TPSA) is 116 Å².